The van der Waals surface area contributed by atoms with Crippen molar-refractivity contribution in [2.24, 2.45) is 0 Å². The molecule has 2 atom stereocenters. The molecule has 0 spiro atoms. The Bertz CT molecular complexity index is 486. The lowest BCUT2D eigenvalue weighted by Crippen LogP contribution is -2.43. The van der Waals surface area contributed by atoms with Crippen molar-refractivity contribution in [1.82, 2.24) is 10.6 Å². The fourth-order valence-electron chi connectivity index (χ4n) is 2.11. The van der Waals surface area contributed by atoms with Crippen LogP contribution in [0.1, 0.15) is 47.1 Å². The summed E-state index contributed by atoms with van der Waals surface area (Å²) in [5.41, 5.74) is 1.25. The Labute approximate surface area is 146 Å². The van der Waals surface area contributed by atoms with Crippen LogP contribution in [0.3, 0.4) is 0 Å². The molecular weight excluding hydrogens is 312 g/mol. The van der Waals surface area contributed by atoms with Crippen molar-refractivity contribution in [3.63, 3.8) is 0 Å². The number of hydrogen-bond donors (Lipinski definition) is 2. The van der Waals surface area contributed by atoms with Crippen molar-refractivity contribution in [1.29, 1.82) is 0 Å². The number of hydrogen-bond acceptors (Lipinski definition) is 3. The summed E-state index contributed by atoms with van der Waals surface area (Å²) in [5, 5.41) is 6.16. The lowest BCUT2D eigenvalue weighted by molar-refractivity contribution is -0.127. The molecule has 23 heavy (non-hydrogen) atoms. The van der Waals surface area contributed by atoms with E-state index in [1.807, 2.05) is 32.0 Å². The van der Waals surface area contributed by atoms with Crippen LogP contribution < -0.4 is 15.4 Å². The zero-order chi connectivity index (χ0) is 16.8. The van der Waals surface area contributed by atoms with Crippen LogP contribution in [-0.4, -0.2) is 31.1 Å². The second-order valence-corrected chi connectivity index (χ2v) is 6.74. The normalized spacial score (nSPS) is 13.7. The van der Waals surface area contributed by atoms with E-state index < -0.39 is 6.10 Å². The third kappa shape index (κ3) is 7.71. The Kier molecular flexibility index (Phi) is 9.25. The van der Waals surface area contributed by atoms with Crippen molar-refractivity contribution < 1.29 is 9.53 Å². The van der Waals surface area contributed by atoms with Gasteiger partial charge in [-0.15, -0.1) is 12.4 Å². The fourth-order valence-corrected chi connectivity index (χ4v) is 2.11. The van der Waals surface area contributed by atoms with Crippen LogP contribution in [0.5, 0.6) is 5.75 Å². The van der Waals surface area contributed by atoms with Crippen LogP contribution in [-0.2, 0) is 10.2 Å². The Morgan fingerprint density at radius 2 is 1.91 bits per heavy atom. The van der Waals surface area contributed by atoms with Gasteiger partial charge in [0.2, 0.25) is 0 Å². The molecule has 132 valence electrons. The molecule has 0 saturated heterocycles. The topological polar surface area (TPSA) is 50.4 Å². The number of benzene rings is 1. The molecule has 0 saturated carbocycles. The number of rotatable bonds is 7. The van der Waals surface area contributed by atoms with Gasteiger partial charge in [0.05, 0.1) is 0 Å². The number of carbonyl (C=O) groups excluding carboxylic acids is 1. The van der Waals surface area contributed by atoms with Gasteiger partial charge in [-0.25, -0.2) is 0 Å². The molecule has 1 aromatic carbocycles. The Balaban J connectivity index is 0.00000484. The lowest BCUT2D eigenvalue weighted by Gasteiger charge is -2.21. The van der Waals surface area contributed by atoms with Gasteiger partial charge in [0.15, 0.2) is 6.10 Å². The van der Waals surface area contributed by atoms with Crippen LogP contribution in [0, 0.1) is 0 Å². The molecule has 0 aromatic heterocycles. The fraction of sp³-hybridized carbons (Fsp3) is 0.611. The number of nitrogens with one attached hydrogen (secondary N) is 2. The minimum absolute atomic E-state index is 0. The quantitative estimate of drug-likeness (QED) is 0.799. The van der Waals surface area contributed by atoms with E-state index in [0.717, 1.165) is 12.3 Å². The first-order valence-corrected chi connectivity index (χ1v) is 8.02. The number of amides is 1. The van der Waals surface area contributed by atoms with Crippen LogP contribution in [0.25, 0.3) is 0 Å². The van der Waals surface area contributed by atoms with Gasteiger partial charge in [-0.05, 0) is 43.5 Å². The highest BCUT2D eigenvalue weighted by Crippen LogP contribution is 2.26. The van der Waals surface area contributed by atoms with Crippen LogP contribution in [0.2, 0.25) is 0 Å². The van der Waals surface area contributed by atoms with Crippen molar-refractivity contribution in [3.8, 4) is 5.75 Å². The van der Waals surface area contributed by atoms with Crippen LogP contribution >= 0.6 is 12.4 Å². The van der Waals surface area contributed by atoms with Gasteiger partial charge in [0.1, 0.15) is 5.75 Å². The molecule has 1 unspecified atom stereocenters. The summed E-state index contributed by atoms with van der Waals surface area (Å²) in [4.78, 5) is 12.1. The minimum atomic E-state index is -0.510. The average molecular weight is 343 g/mol. The van der Waals surface area contributed by atoms with E-state index in [1.165, 1.54) is 5.56 Å². The molecule has 0 bridgehead atoms. The van der Waals surface area contributed by atoms with Gasteiger partial charge in [-0.1, -0.05) is 39.8 Å². The highest BCUT2D eigenvalue weighted by molar-refractivity contribution is 5.85. The monoisotopic (exact) mass is 342 g/mol. The number of ether oxygens (including phenoxy) is 1. The summed E-state index contributed by atoms with van der Waals surface area (Å²) in [6, 6.07) is 8.19. The van der Waals surface area contributed by atoms with Crippen molar-refractivity contribution >= 4 is 18.3 Å². The van der Waals surface area contributed by atoms with Gasteiger partial charge in [-0.3, -0.25) is 4.79 Å². The van der Waals surface area contributed by atoms with Gasteiger partial charge in [-0.2, -0.15) is 0 Å². The molecule has 2 N–H and O–H groups in total. The average Bonchev–Trinajstić information content (AvgIpc) is 2.44. The molecule has 0 heterocycles. The zero-order valence-corrected chi connectivity index (χ0v) is 15.9. The number of carbonyl (C=O) groups is 1. The molecule has 1 amide bonds. The van der Waals surface area contributed by atoms with Crippen molar-refractivity contribution in [2.75, 3.05) is 13.1 Å². The molecule has 1 aromatic rings. The third-order valence-electron chi connectivity index (χ3n) is 3.52. The third-order valence-corrected chi connectivity index (χ3v) is 3.52. The van der Waals surface area contributed by atoms with Crippen molar-refractivity contribution in [3.05, 3.63) is 29.8 Å². The predicted octanol–water partition coefficient (Wildman–Crippen LogP) is 3.29. The SMILES string of the molecule is CCN[C@H](C)CNC(=O)C(C)Oc1cccc(C(C)(C)C)c1.Cl. The smallest absolute Gasteiger partial charge is 0.260 e. The summed E-state index contributed by atoms with van der Waals surface area (Å²) in [6.07, 6.45) is -0.510. The van der Waals surface area contributed by atoms with Gasteiger partial charge in [0.25, 0.3) is 5.91 Å². The first-order chi connectivity index (χ1) is 10.2. The van der Waals surface area contributed by atoms with E-state index >= 15 is 0 Å². The first-order valence-electron chi connectivity index (χ1n) is 8.02. The molecule has 0 aliphatic rings. The zero-order valence-electron chi connectivity index (χ0n) is 15.1. The highest BCUT2D eigenvalue weighted by atomic mass is 35.5. The number of likely N-dealkylation sites (N-methyl/N-ethyl adjacent to an activating group) is 1. The summed E-state index contributed by atoms with van der Waals surface area (Å²) >= 11 is 0. The van der Waals surface area contributed by atoms with Crippen molar-refractivity contribution in [2.45, 2.75) is 59.1 Å². The van der Waals surface area contributed by atoms with E-state index in [4.69, 9.17) is 4.74 Å². The summed E-state index contributed by atoms with van der Waals surface area (Å²) in [7, 11) is 0. The molecule has 0 radical (unpaired) electrons. The van der Waals surface area contributed by atoms with E-state index in [-0.39, 0.29) is 29.8 Å². The Hall–Kier alpha value is -1.26. The molecular formula is C18H31ClN2O2. The summed E-state index contributed by atoms with van der Waals surface area (Å²) in [5.74, 6) is 0.640. The largest absolute Gasteiger partial charge is 0.481 e. The van der Waals surface area contributed by atoms with Gasteiger partial charge >= 0.3 is 0 Å². The highest BCUT2D eigenvalue weighted by Gasteiger charge is 2.17. The molecule has 4 nitrogen and oxygen atoms in total. The molecule has 0 aliphatic heterocycles. The second-order valence-electron chi connectivity index (χ2n) is 6.74. The van der Waals surface area contributed by atoms with E-state index in [0.29, 0.717) is 6.54 Å². The second kappa shape index (κ2) is 9.78. The standard InChI is InChI=1S/C18H30N2O2.ClH/c1-7-19-13(2)12-20-17(21)14(3)22-16-10-8-9-15(11-16)18(4,5)6;/h8-11,13-14,19H,7,12H2,1-6H3,(H,20,21);1H/t13-,14?;/m1./s1. The maximum atomic E-state index is 12.1. The summed E-state index contributed by atoms with van der Waals surface area (Å²) in [6.45, 7) is 13.8. The maximum Gasteiger partial charge on any atom is 0.260 e. The van der Waals surface area contributed by atoms with Gasteiger partial charge in [0, 0.05) is 12.6 Å². The minimum Gasteiger partial charge on any atom is -0.481 e. The summed E-state index contributed by atoms with van der Waals surface area (Å²) < 4.78 is 5.77. The molecule has 1 rings (SSSR count). The number of halogens is 1. The predicted molar refractivity (Wildman–Crippen MR) is 98.6 cm³/mol. The van der Waals surface area contributed by atoms with E-state index in [9.17, 15) is 4.79 Å². The lowest BCUT2D eigenvalue weighted by atomic mass is 9.87. The van der Waals surface area contributed by atoms with Crippen LogP contribution in [0.15, 0.2) is 24.3 Å². The van der Waals surface area contributed by atoms with E-state index in [1.54, 1.807) is 6.92 Å². The Morgan fingerprint density at radius 3 is 2.48 bits per heavy atom. The Morgan fingerprint density at radius 1 is 1.26 bits per heavy atom. The molecule has 5 heteroatoms. The van der Waals surface area contributed by atoms with E-state index in [2.05, 4.69) is 37.5 Å². The maximum absolute atomic E-state index is 12.1. The first kappa shape index (κ1) is 21.7. The molecule has 0 aliphatic carbocycles. The van der Waals surface area contributed by atoms with Crippen LogP contribution in [0.4, 0.5) is 0 Å². The van der Waals surface area contributed by atoms with Gasteiger partial charge < -0.3 is 15.4 Å². The molecule has 0 fully saturated rings.